The van der Waals surface area contributed by atoms with Crippen molar-refractivity contribution in [1.82, 2.24) is 0 Å². The Labute approximate surface area is 137 Å². The lowest BCUT2D eigenvalue weighted by molar-refractivity contribution is 0.677. The maximum atomic E-state index is 3.85. The van der Waals surface area contributed by atoms with E-state index < -0.39 is 16.1 Å². The lowest BCUT2D eigenvalue weighted by atomic mass is 10.2. The molecule has 0 aliphatic carbocycles. The van der Waals surface area contributed by atoms with Crippen LogP contribution in [-0.4, -0.2) is 16.1 Å². The molecule has 0 nitrogen and oxygen atoms in total. The van der Waals surface area contributed by atoms with Crippen LogP contribution in [0.3, 0.4) is 0 Å². The molecular weight excluding hydrogens is 284 g/mol. The number of hydrogen-bond acceptors (Lipinski definition) is 0. The lowest BCUT2D eigenvalue weighted by Gasteiger charge is -2.47. The highest BCUT2D eigenvalue weighted by Crippen LogP contribution is 2.50. The van der Waals surface area contributed by atoms with Crippen molar-refractivity contribution in [2.75, 3.05) is 0 Å². The van der Waals surface area contributed by atoms with E-state index in [4.69, 9.17) is 0 Å². The second kappa shape index (κ2) is 8.58. The van der Waals surface area contributed by atoms with E-state index in [2.05, 4.69) is 79.6 Å². The molecule has 0 bridgehead atoms. The molecule has 0 radical (unpaired) electrons. The van der Waals surface area contributed by atoms with Crippen LogP contribution in [0, 0.1) is 11.5 Å². The third kappa shape index (κ3) is 5.60. The van der Waals surface area contributed by atoms with Crippen LogP contribution in [0.25, 0.3) is 0 Å². The molecule has 1 unspecified atom stereocenters. The summed E-state index contributed by atoms with van der Waals surface area (Å²) < 4.78 is 0. The summed E-state index contributed by atoms with van der Waals surface area (Å²) in [5.41, 5.74) is 6.85. The average molecular weight is 325 g/mol. The van der Waals surface area contributed by atoms with E-state index in [1.165, 1.54) is 19.3 Å². The van der Waals surface area contributed by atoms with Crippen molar-refractivity contribution >= 4 is 16.1 Å². The minimum absolute atomic E-state index is 0.684. The SMILES string of the molecule is CCCCC(C#C[Si](C)(C)C)[Si](C(C)C)(C(C)C)C(C)C. The van der Waals surface area contributed by atoms with Gasteiger partial charge in [0.15, 0.2) is 0 Å². The van der Waals surface area contributed by atoms with E-state index in [1.807, 2.05) is 0 Å². The summed E-state index contributed by atoms with van der Waals surface area (Å²) in [5, 5.41) is 0. The molecule has 0 aliphatic rings. The summed E-state index contributed by atoms with van der Waals surface area (Å²) in [7, 11) is -2.73. The molecule has 0 aliphatic heterocycles. The monoisotopic (exact) mass is 324 g/mol. The topological polar surface area (TPSA) is 0 Å². The zero-order valence-corrected chi connectivity index (χ0v) is 18.4. The molecule has 0 rings (SSSR count). The summed E-state index contributed by atoms with van der Waals surface area (Å²) in [6.45, 7) is 24.3. The van der Waals surface area contributed by atoms with E-state index in [0.29, 0.717) is 5.54 Å². The van der Waals surface area contributed by atoms with Crippen LogP contribution in [0.2, 0.25) is 41.8 Å². The van der Waals surface area contributed by atoms with Crippen molar-refractivity contribution < 1.29 is 0 Å². The second-order valence-electron chi connectivity index (χ2n) is 8.68. The summed E-state index contributed by atoms with van der Waals surface area (Å²) in [4.78, 5) is 0. The first kappa shape index (κ1) is 21.0. The lowest BCUT2D eigenvalue weighted by Crippen LogP contribution is -2.48. The molecular formula is C19H40Si2. The second-order valence-corrected chi connectivity index (χ2v) is 19.6. The maximum Gasteiger partial charge on any atom is 0.129 e. The zero-order valence-electron chi connectivity index (χ0n) is 16.4. The van der Waals surface area contributed by atoms with Gasteiger partial charge in [0, 0.05) is 5.54 Å². The Morgan fingerprint density at radius 3 is 1.52 bits per heavy atom. The fraction of sp³-hybridized carbons (Fsp3) is 0.895. The van der Waals surface area contributed by atoms with Gasteiger partial charge >= 0.3 is 0 Å². The number of unbranched alkanes of at least 4 members (excludes halogenated alkanes) is 1. The highest BCUT2D eigenvalue weighted by Gasteiger charge is 2.47. The molecule has 0 saturated carbocycles. The molecule has 21 heavy (non-hydrogen) atoms. The quantitative estimate of drug-likeness (QED) is 0.346. The van der Waals surface area contributed by atoms with Crippen LogP contribution < -0.4 is 0 Å². The third-order valence-electron chi connectivity index (χ3n) is 5.07. The predicted octanol–water partition coefficient (Wildman–Crippen LogP) is 7.11. The molecule has 0 heterocycles. The number of hydrogen-bond donors (Lipinski definition) is 0. The molecule has 0 fully saturated rings. The van der Waals surface area contributed by atoms with Crippen molar-refractivity contribution in [2.45, 2.75) is 110 Å². The Hall–Kier alpha value is -0.00623. The van der Waals surface area contributed by atoms with Crippen molar-refractivity contribution in [3.63, 3.8) is 0 Å². The standard InChI is InChI=1S/C19H40Si2/c1-11-12-13-19(14-15-20(8,9)10)21(16(2)3,17(4)5)18(6)7/h16-19H,11-13H2,1-10H3. The largest absolute Gasteiger partial charge is 0.132 e. The zero-order chi connectivity index (χ0) is 16.8. The van der Waals surface area contributed by atoms with Crippen LogP contribution in [0.5, 0.6) is 0 Å². The molecule has 0 spiro atoms. The van der Waals surface area contributed by atoms with Crippen molar-refractivity contribution in [2.24, 2.45) is 0 Å². The minimum Gasteiger partial charge on any atom is -0.132 e. The highest BCUT2D eigenvalue weighted by atomic mass is 28.3. The summed E-state index contributed by atoms with van der Waals surface area (Å²) in [5.74, 6) is 3.85. The van der Waals surface area contributed by atoms with E-state index >= 15 is 0 Å². The molecule has 0 N–H and O–H groups in total. The van der Waals surface area contributed by atoms with Gasteiger partial charge < -0.3 is 0 Å². The van der Waals surface area contributed by atoms with Gasteiger partial charge in [0.25, 0.3) is 0 Å². The van der Waals surface area contributed by atoms with Crippen LogP contribution >= 0.6 is 0 Å². The third-order valence-corrected chi connectivity index (χ3v) is 13.6. The van der Waals surface area contributed by atoms with E-state index in [-0.39, 0.29) is 0 Å². The summed E-state index contributed by atoms with van der Waals surface area (Å²) in [6, 6.07) is 0. The first-order valence-electron chi connectivity index (χ1n) is 9.02. The first-order chi connectivity index (χ1) is 9.50. The molecule has 1 atom stereocenters. The maximum absolute atomic E-state index is 3.85. The van der Waals surface area contributed by atoms with Gasteiger partial charge in [0.2, 0.25) is 0 Å². The Morgan fingerprint density at radius 1 is 0.810 bits per heavy atom. The molecule has 124 valence electrons. The van der Waals surface area contributed by atoms with Crippen molar-refractivity contribution in [1.29, 1.82) is 0 Å². The molecule has 0 aromatic carbocycles. The highest BCUT2D eigenvalue weighted by molar-refractivity contribution is 6.86. The predicted molar refractivity (Wildman–Crippen MR) is 105 cm³/mol. The smallest absolute Gasteiger partial charge is 0.129 e. The number of rotatable bonds is 7. The van der Waals surface area contributed by atoms with Crippen molar-refractivity contribution in [3.8, 4) is 11.5 Å². The van der Waals surface area contributed by atoms with Crippen LogP contribution in [-0.2, 0) is 0 Å². The van der Waals surface area contributed by atoms with Gasteiger partial charge in [-0.25, -0.2) is 0 Å². The van der Waals surface area contributed by atoms with Crippen LogP contribution in [0.15, 0.2) is 0 Å². The Morgan fingerprint density at radius 2 is 1.24 bits per heavy atom. The van der Waals surface area contributed by atoms with E-state index in [9.17, 15) is 0 Å². The molecule has 0 saturated heterocycles. The van der Waals surface area contributed by atoms with Gasteiger partial charge in [-0.05, 0) is 23.0 Å². The Kier molecular flexibility index (Phi) is 8.58. The van der Waals surface area contributed by atoms with Crippen LogP contribution in [0.1, 0.15) is 67.7 Å². The van der Waals surface area contributed by atoms with Crippen LogP contribution in [0.4, 0.5) is 0 Å². The van der Waals surface area contributed by atoms with E-state index in [0.717, 1.165) is 16.6 Å². The normalized spacial score (nSPS) is 14.5. The Balaban J connectivity index is 5.82. The van der Waals surface area contributed by atoms with Crippen molar-refractivity contribution in [3.05, 3.63) is 0 Å². The van der Waals surface area contributed by atoms with Gasteiger partial charge in [0.05, 0.1) is 8.07 Å². The fourth-order valence-electron chi connectivity index (χ4n) is 4.37. The molecule has 0 aromatic heterocycles. The Bertz CT molecular complexity index is 328. The molecule has 0 aromatic rings. The molecule has 2 heteroatoms. The average Bonchev–Trinajstić information content (AvgIpc) is 2.29. The van der Waals surface area contributed by atoms with E-state index in [1.54, 1.807) is 0 Å². The molecule has 0 amide bonds. The van der Waals surface area contributed by atoms with Gasteiger partial charge in [-0.3, -0.25) is 0 Å². The summed E-state index contributed by atoms with van der Waals surface area (Å²) in [6.07, 6.45) is 3.96. The van der Waals surface area contributed by atoms with Gasteiger partial charge in [0.1, 0.15) is 8.07 Å². The van der Waals surface area contributed by atoms with Gasteiger partial charge in [-0.15, -0.1) is 11.5 Å². The minimum atomic E-state index is -1.45. The first-order valence-corrected chi connectivity index (χ1v) is 14.8. The fourth-order valence-corrected chi connectivity index (χ4v) is 12.6. The summed E-state index contributed by atoms with van der Waals surface area (Å²) >= 11 is 0. The van der Waals surface area contributed by atoms with Gasteiger partial charge in [-0.2, -0.15) is 0 Å². The van der Waals surface area contributed by atoms with Gasteiger partial charge in [-0.1, -0.05) is 80.9 Å².